The molecule has 3 nitrogen and oxygen atoms in total. The second kappa shape index (κ2) is 4.53. The molecule has 2 rings (SSSR count). The zero-order valence-electron chi connectivity index (χ0n) is 9.15. The van der Waals surface area contributed by atoms with Crippen molar-refractivity contribution in [3.63, 3.8) is 0 Å². The summed E-state index contributed by atoms with van der Waals surface area (Å²) in [5.74, 6) is 0.223. The van der Waals surface area contributed by atoms with Crippen LogP contribution in [0.25, 0.3) is 10.1 Å². The van der Waals surface area contributed by atoms with Gasteiger partial charge in [0.15, 0.2) is 0 Å². The fourth-order valence-electron chi connectivity index (χ4n) is 1.53. The molecule has 1 aromatic carbocycles. The molecule has 0 saturated heterocycles. The van der Waals surface area contributed by atoms with Crippen LogP contribution in [0.3, 0.4) is 0 Å². The molecule has 2 aromatic rings. The van der Waals surface area contributed by atoms with E-state index in [9.17, 15) is 4.79 Å². The van der Waals surface area contributed by atoms with Crippen LogP contribution in [-0.4, -0.2) is 19.7 Å². The van der Waals surface area contributed by atoms with Crippen LogP contribution in [0, 0.1) is 0 Å². The van der Waals surface area contributed by atoms with Gasteiger partial charge >= 0.3 is 5.97 Å². The predicted octanol–water partition coefficient (Wildman–Crippen LogP) is 3.09. The van der Waals surface area contributed by atoms with E-state index in [0.717, 1.165) is 10.1 Å². The van der Waals surface area contributed by atoms with Gasteiger partial charge in [-0.05, 0) is 35.9 Å². The zero-order chi connectivity index (χ0) is 11.5. The van der Waals surface area contributed by atoms with Crippen molar-refractivity contribution < 1.29 is 14.3 Å². The maximum Gasteiger partial charge on any atom is 0.341 e. The summed E-state index contributed by atoms with van der Waals surface area (Å²) in [6.07, 6.45) is 0. The molecule has 0 unspecified atom stereocenters. The highest BCUT2D eigenvalue weighted by molar-refractivity contribution is 7.17. The molecule has 0 radical (unpaired) electrons. The third kappa shape index (κ3) is 1.88. The van der Waals surface area contributed by atoms with Gasteiger partial charge < -0.3 is 9.47 Å². The van der Waals surface area contributed by atoms with Crippen LogP contribution in [0.5, 0.6) is 5.75 Å². The van der Waals surface area contributed by atoms with Crippen molar-refractivity contribution in [2.45, 2.75) is 6.92 Å². The Kier molecular flexibility index (Phi) is 3.10. The van der Waals surface area contributed by atoms with Crippen LogP contribution >= 0.6 is 11.3 Å². The van der Waals surface area contributed by atoms with Gasteiger partial charge in [-0.1, -0.05) is 0 Å². The Hall–Kier alpha value is -1.55. The highest BCUT2D eigenvalue weighted by Gasteiger charge is 2.14. The summed E-state index contributed by atoms with van der Waals surface area (Å²) in [6, 6.07) is 5.65. The van der Waals surface area contributed by atoms with Crippen molar-refractivity contribution in [1.82, 2.24) is 0 Å². The number of carbonyl (C=O) groups is 1. The van der Waals surface area contributed by atoms with Crippen LogP contribution in [0.4, 0.5) is 0 Å². The molecular formula is C12H12O3S. The molecule has 0 N–H and O–H groups in total. The third-order valence-corrected chi connectivity index (χ3v) is 3.15. The zero-order valence-corrected chi connectivity index (χ0v) is 9.97. The lowest BCUT2D eigenvalue weighted by atomic mass is 10.1. The third-order valence-electron chi connectivity index (χ3n) is 2.27. The second-order valence-electron chi connectivity index (χ2n) is 3.23. The number of esters is 1. The number of hydrogen-bond donors (Lipinski definition) is 0. The molecule has 0 amide bonds. The molecule has 0 aliphatic carbocycles. The molecule has 0 aliphatic heterocycles. The van der Waals surface area contributed by atoms with E-state index in [4.69, 9.17) is 9.47 Å². The fraction of sp³-hybridized carbons (Fsp3) is 0.250. The average molecular weight is 236 g/mol. The first-order valence-corrected chi connectivity index (χ1v) is 5.86. The van der Waals surface area contributed by atoms with Gasteiger partial charge in [-0.2, -0.15) is 0 Å². The largest absolute Gasteiger partial charge is 0.496 e. The lowest BCUT2D eigenvalue weighted by Gasteiger charge is -2.07. The summed E-state index contributed by atoms with van der Waals surface area (Å²) in [7, 11) is 1.55. The molecule has 16 heavy (non-hydrogen) atoms. The number of rotatable bonds is 3. The highest BCUT2D eigenvalue weighted by atomic mass is 32.1. The van der Waals surface area contributed by atoms with Crippen LogP contribution < -0.4 is 4.74 Å². The Morgan fingerprint density at radius 1 is 1.44 bits per heavy atom. The molecule has 0 aliphatic rings. The summed E-state index contributed by atoms with van der Waals surface area (Å²) in [5, 5.41) is 3.02. The summed E-state index contributed by atoms with van der Waals surface area (Å²) < 4.78 is 11.3. The first-order valence-electron chi connectivity index (χ1n) is 4.98. The maximum atomic E-state index is 11.7. The van der Waals surface area contributed by atoms with Crippen LogP contribution in [-0.2, 0) is 4.74 Å². The lowest BCUT2D eigenvalue weighted by Crippen LogP contribution is -2.06. The van der Waals surface area contributed by atoms with Crippen molar-refractivity contribution in [2.75, 3.05) is 13.7 Å². The van der Waals surface area contributed by atoms with Crippen molar-refractivity contribution >= 4 is 27.4 Å². The molecule has 0 spiro atoms. The van der Waals surface area contributed by atoms with E-state index >= 15 is 0 Å². The fourth-order valence-corrected chi connectivity index (χ4v) is 2.33. The summed E-state index contributed by atoms with van der Waals surface area (Å²) >= 11 is 1.62. The van der Waals surface area contributed by atoms with Gasteiger partial charge in [0.2, 0.25) is 0 Å². The van der Waals surface area contributed by atoms with E-state index in [-0.39, 0.29) is 5.97 Å². The van der Waals surface area contributed by atoms with Crippen molar-refractivity contribution in [3.05, 3.63) is 29.1 Å². The predicted molar refractivity (Wildman–Crippen MR) is 64.3 cm³/mol. The Morgan fingerprint density at radius 2 is 2.25 bits per heavy atom. The van der Waals surface area contributed by atoms with E-state index in [0.29, 0.717) is 17.9 Å². The Morgan fingerprint density at radius 3 is 2.94 bits per heavy atom. The number of methoxy groups -OCH3 is 1. The highest BCUT2D eigenvalue weighted by Crippen LogP contribution is 2.29. The molecule has 0 fully saturated rings. The number of benzene rings is 1. The Balaban J connectivity index is 2.52. The number of carbonyl (C=O) groups excluding carboxylic acids is 1. The average Bonchev–Trinajstić information content (AvgIpc) is 2.74. The Labute approximate surface area is 97.6 Å². The number of fused-ring (bicyclic) bond motifs is 1. The molecule has 84 valence electrons. The summed E-state index contributed by atoms with van der Waals surface area (Å²) in [6.45, 7) is 2.15. The molecule has 0 bridgehead atoms. The monoisotopic (exact) mass is 236 g/mol. The molecular weight excluding hydrogens is 224 g/mol. The van der Waals surface area contributed by atoms with Crippen LogP contribution in [0.1, 0.15) is 17.3 Å². The van der Waals surface area contributed by atoms with E-state index < -0.39 is 0 Å². The van der Waals surface area contributed by atoms with E-state index in [2.05, 4.69) is 0 Å². The number of hydrogen-bond acceptors (Lipinski definition) is 4. The summed E-state index contributed by atoms with van der Waals surface area (Å²) in [4.78, 5) is 11.7. The smallest absolute Gasteiger partial charge is 0.341 e. The molecule has 0 saturated carbocycles. The standard InChI is InChI=1S/C12H12O3S/c1-3-15-12(13)9-6-8-4-5-16-11(8)7-10(9)14-2/h4-7H,3H2,1-2H3. The van der Waals surface area contributed by atoms with Gasteiger partial charge in [-0.15, -0.1) is 11.3 Å². The normalized spacial score (nSPS) is 10.4. The Bertz CT molecular complexity index is 516. The van der Waals surface area contributed by atoms with E-state index in [1.54, 1.807) is 25.4 Å². The molecule has 4 heteroatoms. The molecule has 0 atom stereocenters. The van der Waals surface area contributed by atoms with Crippen molar-refractivity contribution in [1.29, 1.82) is 0 Å². The van der Waals surface area contributed by atoms with Crippen LogP contribution in [0.15, 0.2) is 23.6 Å². The van der Waals surface area contributed by atoms with Gasteiger partial charge in [0.25, 0.3) is 0 Å². The van der Waals surface area contributed by atoms with Crippen molar-refractivity contribution in [3.8, 4) is 5.75 Å². The lowest BCUT2D eigenvalue weighted by molar-refractivity contribution is 0.0523. The van der Waals surface area contributed by atoms with Gasteiger partial charge in [-0.3, -0.25) is 0 Å². The number of ether oxygens (including phenoxy) is 2. The second-order valence-corrected chi connectivity index (χ2v) is 4.18. The van der Waals surface area contributed by atoms with Gasteiger partial charge in [0.05, 0.1) is 13.7 Å². The molecule has 1 heterocycles. The maximum absolute atomic E-state index is 11.7. The first kappa shape index (κ1) is 11.0. The van der Waals surface area contributed by atoms with E-state index in [1.807, 2.05) is 23.6 Å². The summed E-state index contributed by atoms with van der Waals surface area (Å²) in [5.41, 5.74) is 0.482. The first-order chi connectivity index (χ1) is 7.76. The quantitative estimate of drug-likeness (QED) is 0.768. The minimum atomic E-state index is -0.340. The number of thiophene rings is 1. The minimum Gasteiger partial charge on any atom is -0.496 e. The van der Waals surface area contributed by atoms with Gasteiger partial charge in [0, 0.05) is 4.70 Å². The van der Waals surface area contributed by atoms with E-state index in [1.165, 1.54) is 0 Å². The van der Waals surface area contributed by atoms with Gasteiger partial charge in [-0.25, -0.2) is 4.79 Å². The minimum absolute atomic E-state index is 0.340. The SMILES string of the molecule is CCOC(=O)c1cc2ccsc2cc1OC. The topological polar surface area (TPSA) is 35.5 Å². The van der Waals surface area contributed by atoms with Crippen molar-refractivity contribution in [2.24, 2.45) is 0 Å². The van der Waals surface area contributed by atoms with Crippen LogP contribution in [0.2, 0.25) is 0 Å². The molecule has 1 aromatic heterocycles. The van der Waals surface area contributed by atoms with Gasteiger partial charge in [0.1, 0.15) is 11.3 Å².